The fraction of sp³-hybridized carbons (Fsp3) is 0.115. The molecule has 0 heterocycles. The lowest BCUT2D eigenvalue weighted by atomic mass is 9.95. The Hall–Kier alpha value is -3.01. The SMILES string of the molecule is C=C(CN(C)Cc1ccccc1)C(=O)/C(=C\c1ccc(F)cc1)c1ccccc1.Cl. The van der Waals surface area contributed by atoms with Crippen LogP contribution < -0.4 is 0 Å². The maximum absolute atomic E-state index is 13.2. The first-order valence-electron chi connectivity index (χ1n) is 9.50. The highest BCUT2D eigenvalue weighted by atomic mass is 35.5. The van der Waals surface area contributed by atoms with E-state index in [2.05, 4.69) is 23.6 Å². The Morgan fingerprint density at radius 2 is 1.50 bits per heavy atom. The Kier molecular flexibility index (Phi) is 8.72. The second-order valence-electron chi connectivity index (χ2n) is 7.07. The lowest BCUT2D eigenvalue weighted by Gasteiger charge is -2.18. The molecule has 3 rings (SSSR count). The van der Waals surface area contributed by atoms with Gasteiger partial charge in [0.05, 0.1) is 0 Å². The van der Waals surface area contributed by atoms with Crippen LogP contribution in [0.4, 0.5) is 4.39 Å². The third-order valence-corrected chi connectivity index (χ3v) is 4.59. The number of likely N-dealkylation sites (N-methyl/N-ethyl adjacent to an activating group) is 1. The van der Waals surface area contributed by atoms with Crippen molar-refractivity contribution in [3.63, 3.8) is 0 Å². The van der Waals surface area contributed by atoms with Gasteiger partial charge in [-0.05, 0) is 41.9 Å². The average Bonchev–Trinajstić information content (AvgIpc) is 2.74. The average molecular weight is 422 g/mol. The zero-order valence-corrected chi connectivity index (χ0v) is 17.7. The maximum Gasteiger partial charge on any atom is 0.190 e. The number of Topliss-reactive ketones (excluding diaryl/α,β-unsaturated/α-hetero) is 1. The predicted molar refractivity (Wildman–Crippen MR) is 125 cm³/mol. The highest BCUT2D eigenvalue weighted by Gasteiger charge is 2.17. The van der Waals surface area contributed by atoms with Gasteiger partial charge in [0.15, 0.2) is 5.78 Å². The van der Waals surface area contributed by atoms with Crippen LogP contribution in [-0.2, 0) is 11.3 Å². The van der Waals surface area contributed by atoms with Crippen LogP contribution in [0, 0.1) is 5.82 Å². The highest BCUT2D eigenvalue weighted by molar-refractivity contribution is 6.32. The minimum Gasteiger partial charge on any atom is -0.298 e. The molecule has 0 spiro atoms. The molecule has 0 atom stereocenters. The normalized spacial score (nSPS) is 11.1. The largest absolute Gasteiger partial charge is 0.298 e. The van der Waals surface area contributed by atoms with Crippen LogP contribution in [0.25, 0.3) is 11.6 Å². The number of halogens is 2. The summed E-state index contributed by atoms with van der Waals surface area (Å²) in [5, 5.41) is 0. The second-order valence-corrected chi connectivity index (χ2v) is 7.07. The molecule has 0 amide bonds. The number of ketones is 1. The van der Waals surface area contributed by atoms with Gasteiger partial charge >= 0.3 is 0 Å². The summed E-state index contributed by atoms with van der Waals surface area (Å²) in [5.74, 6) is -0.415. The highest BCUT2D eigenvalue weighted by Crippen LogP contribution is 2.23. The van der Waals surface area contributed by atoms with Crippen molar-refractivity contribution in [2.45, 2.75) is 6.54 Å². The molecular weight excluding hydrogens is 397 g/mol. The molecule has 0 bridgehead atoms. The van der Waals surface area contributed by atoms with E-state index in [1.54, 1.807) is 18.2 Å². The minimum atomic E-state index is -0.304. The third-order valence-electron chi connectivity index (χ3n) is 4.59. The summed E-state index contributed by atoms with van der Waals surface area (Å²) in [6.45, 7) is 5.24. The lowest BCUT2D eigenvalue weighted by molar-refractivity contribution is -0.110. The van der Waals surface area contributed by atoms with E-state index < -0.39 is 0 Å². The van der Waals surface area contributed by atoms with Crippen molar-refractivity contribution in [2.24, 2.45) is 0 Å². The number of hydrogen-bond donors (Lipinski definition) is 0. The van der Waals surface area contributed by atoms with Gasteiger partial charge in [0.1, 0.15) is 5.82 Å². The van der Waals surface area contributed by atoms with Crippen molar-refractivity contribution in [3.8, 4) is 0 Å². The van der Waals surface area contributed by atoms with Crippen LogP contribution in [0.15, 0.2) is 97.1 Å². The molecule has 0 N–H and O–H groups in total. The molecule has 0 aliphatic rings. The molecule has 3 aromatic carbocycles. The van der Waals surface area contributed by atoms with Gasteiger partial charge in [-0.2, -0.15) is 0 Å². The predicted octanol–water partition coefficient (Wildman–Crippen LogP) is 6.05. The maximum atomic E-state index is 13.2. The van der Waals surface area contributed by atoms with Crippen LogP contribution in [0.5, 0.6) is 0 Å². The van der Waals surface area contributed by atoms with E-state index in [-0.39, 0.29) is 24.0 Å². The molecule has 3 aromatic rings. The number of benzene rings is 3. The van der Waals surface area contributed by atoms with Crippen molar-refractivity contribution < 1.29 is 9.18 Å². The van der Waals surface area contributed by atoms with Gasteiger partial charge in [-0.1, -0.05) is 79.4 Å². The monoisotopic (exact) mass is 421 g/mol. The molecule has 154 valence electrons. The topological polar surface area (TPSA) is 20.3 Å². The molecule has 0 aliphatic heterocycles. The summed E-state index contributed by atoms with van der Waals surface area (Å²) in [6.07, 6.45) is 1.79. The summed E-state index contributed by atoms with van der Waals surface area (Å²) in [6, 6.07) is 25.7. The van der Waals surface area contributed by atoms with Gasteiger partial charge < -0.3 is 0 Å². The van der Waals surface area contributed by atoms with Gasteiger partial charge in [0.25, 0.3) is 0 Å². The quantitative estimate of drug-likeness (QED) is 0.326. The molecule has 30 heavy (non-hydrogen) atoms. The van der Waals surface area contributed by atoms with Gasteiger partial charge in [-0.25, -0.2) is 4.39 Å². The molecule has 0 aliphatic carbocycles. The fourth-order valence-electron chi connectivity index (χ4n) is 3.16. The first-order valence-corrected chi connectivity index (χ1v) is 9.50. The van der Waals surface area contributed by atoms with E-state index in [4.69, 9.17) is 0 Å². The molecule has 4 heteroatoms. The number of allylic oxidation sites excluding steroid dienone is 1. The van der Waals surface area contributed by atoms with Crippen molar-refractivity contribution in [3.05, 3.63) is 120 Å². The number of rotatable bonds is 8. The molecule has 0 radical (unpaired) electrons. The summed E-state index contributed by atoms with van der Waals surface area (Å²) < 4.78 is 13.2. The van der Waals surface area contributed by atoms with Crippen molar-refractivity contribution in [1.29, 1.82) is 0 Å². The Morgan fingerprint density at radius 1 is 0.933 bits per heavy atom. The second kappa shape index (κ2) is 11.2. The minimum absolute atomic E-state index is 0. The van der Waals surface area contributed by atoms with E-state index in [9.17, 15) is 9.18 Å². The first kappa shape index (κ1) is 23.3. The first-order chi connectivity index (χ1) is 14.0. The molecule has 0 fully saturated rings. The molecule has 2 nitrogen and oxygen atoms in total. The van der Waals surface area contributed by atoms with Crippen LogP contribution in [0.2, 0.25) is 0 Å². The number of carbonyl (C=O) groups excluding carboxylic acids is 1. The number of nitrogens with zero attached hydrogens (tertiary/aromatic N) is 1. The summed E-state index contributed by atoms with van der Waals surface area (Å²) >= 11 is 0. The Labute approximate surface area is 183 Å². The number of hydrogen-bond acceptors (Lipinski definition) is 2. The van der Waals surface area contributed by atoms with Gasteiger partial charge in [-0.3, -0.25) is 9.69 Å². The van der Waals surface area contributed by atoms with Gasteiger partial charge in [0.2, 0.25) is 0 Å². The summed E-state index contributed by atoms with van der Waals surface area (Å²) in [5.41, 5.74) is 3.83. The van der Waals surface area contributed by atoms with Crippen LogP contribution >= 0.6 is 12.4 Å². The standard InChI is InChI=1S/C26H24FNO.ClH/c1-20(18-28(2)19-22-9-5-3-6-10-22)26(29)25(23-11-7-4-8-12-23)17-21-13-15-24(27)16-14-21;/h3-17H,1,18-19H2,2H3;1H/b25-17-;. The third kappa shape index (κ3) is 6.51. The lowest BCUT2D eigenvalue weighted by Crippen LogP contribution is -2.23. The summed E-state index contributed by atoms with van der Waals surface area (Å²) in [4.78, 5) is 15.3. The number of carbonyl (C=O) groups is 1. The van der Waals surface area contributed by atoms with E-state index >= 15 is 0 Å². The van der Waals surface area contributed by atoms with Gasteiger partial charge in [0, 0.05) is 24.2 Å². The van der Waals surface area contributed by atoms with Crippen LogP contribution in [0.3, 0.4) is 0 Å². The van der Waals surface area contributed by atoms with E-state index in [1.165, 1.54) is 17.7 Å². The van der Waals surface area contributed by atoms with E-state index in [0.717, 1.165) is 17.7 Å². The zero-order valence-electron chi connectivity index (χ0n) is 16.9. The molecule has 0 saturated heterocycles. The van der Waals surface area contributed by atoms with E-state index in [0.29, 0.717) is 17.7 Å². The molecule has 0 saturated carbocycles. The smallest absolute Gasteiger partial charge is 0.190 e. The molecule has 0 aromatic heterocycles. The van der Waals surface area contributed by atoms with Crippen molar-refractivity contribution in [2.75, 3.05) is 13.6 Å². The van der Waals surface area contributed by atoms with Crippen LogP contribution in [0.1, 0.15) is 16.7 Å². The van der Waals surface area contributed by atoms with E-state index in [1.807, 2.05) is 55.6 Å². The Morgan fingerprint density at radius 3 is 2.10 bits per heavy atom. The van der Waals surface area contributed by atoms with Crippen molar-refractivity contribution in [1.82, 2.24) is 4.90 Å². The fourth-order valence-corrected chi connectivity index (χ4v) is 3.16. The summed E-state index contributed by atoms with van der Waals surface area (Å²) in [7, 11) is 1.97. The Bertz CT molecular complexity index is 998. The Balaban J connectivity index is 0.00000320. The zero-order chi connectivity index (χ0) is 20.6. The van der Waals surface area contributed by atoms with Crippen molar-refractivity contribution >= 4 is 29.8 Å². The molecular formula is C26H25ClFNO. The molecule has 0 unspecified atom stereocenters. The van der Waals surface area contributed by atoms with Crippen LogP contribution in [-0.4, -0.2) is 24.3 Å². The van der Waals surface area contributed by atoms with Gasteiger partial charge in [-0.15, -0.1) is 12.4 Å².